The maximum Gasteiger partial charge on any atom is 2.00 e. The molecule has 0 aromatic rings. The molecular formula is H12Mg6. The van der Waals surface area contributed by atoms with Gasteiger partial charge in [0.1, 0.15) is 0 Å². The van der Waals surface area contributed by atoms with Crippen molar-refractivity contribution in [3.63, 3.8) is 0 Å². The molecular weight excluding hydrogens is 146 g/mol. The summed E-state index contributed by atoms with van der Waals surface area (Å²) in [5.41, 5.74) is 0. The molecule has 0 fully saturated rings. The third-order valence-corrected chi connectivity index (χ3v) is 0. The Kier molecular flexibility index (Phi) is 258. The summed E-state index contributed by atoms with van der Waals surface area (Å²) in [6, 6.07) is 0. The Morgan fingerprint density at radius 3 is 0.333 bits per heavy atom. The van der Waals surface area contributed by atoms with Crippen molar-refractivity contribution in [2.24, 2.45) is 0 Å². The van der Waals surface area contributed by atoms with Gasteiger partial charge in [0.05, 0.1) is 0 Å². The van der Waals surface area contributed by atoms with Crippen molar-refractivity contribution in [2.75, 3.05) is 0 Å². The zero-order valence-corrected chi connectivity index (χ0v) is 12.7. The fourth-order valence-corrected chi connectivity index (χ4v) is 0. The minimum Gasteiger partial charge on any atom is -1.00 e. The van der Waals surface area contributed by atoms with Crippen LogP contribution in [0.1, 0.15) is 17.1 Å². The predicted octanol–water partition coefficient (Wildman–Crippen LogP) is -0.935. The molecule has 0 N–H and O–H groups in total. The summed E-state index contributed by atoms with van der Waals surface area (Å²) in [7, 11) is 0. The molecule has 0 aromatic carbocycles. The van der Waals surface area contributed by atoms with Crippen LogP contribution in [0.4, 0.5) is 0 Å². The van der Waals surface area contributed by atoms with E-state index in [9.17, 15) is 0 Å². The van der Waals surface area contributed by atoms with E-state index in [2.05, 4.69) is 0 Å². The Hall–Kier alpha value is 4.60. The zero-order chi connectivity index (χ0) is 0. The summed E-state index contributed by atoms with van der Waals surface area (Å²) >= 11 is 0. The van der Waals surface area contributed by atoms with Crippen molar-refractivity contribution < 1.29 is 17.1 Å². The van der Waals surface area contributed by atoms with Crippen molar-refractivity contribution in [2.45, 2.75) is 0 Å². The molecule has 0 aliphatic rings. The van der Waals surface area contributed by atoms with E-state index in [1.54, 1.807) is 0 Å². The van der Waals surface area contributed by atoms with Crippen LogP contribution >= 0.6 is 0 Å². The second kappa shape index (κ2) is 33.6. The van der Waals surface area contributed by atoms with Gasteiger partial charge in [-0.25, -0.2) is 0 Å². The van der Waals surface area contributed by atoms with E-state index in [1.807, 2.05) is 0 Å². The fraction of sp³-hybridized carbons (Fsp3) is 0. The van der Waals surface area contributed by atoms with Gasteiger partial charge < -0.3 is 17.1 Å². The van der Waals surface area contributed by atoms with Gasteiger partial charge in [-0.1, -0.05) is 0 Å². The SMILES string of the molecule is [H-].[H-].[H-].[H-].[H-].[H-].[H-].[H-].[H-].[H-].[H-].[H-].[Mg+2].[Mg+2].[Mg+2].[Mg+2].[Mg+2].[Mg+2]. The Morgan fingerprint density at radius 1 is 0.333 bits per heavy atom. The van der Waals surface area contributed by atoms with Crippen LogP contribution < -0.4 is 0 Å². The largest absolute Gasteiger partial charge is 2.00 e. The van der Waals surface area contributed by atoms with E-state index in [-0.39, 0.29) is 155 Å². The summed E-state index contributed by atoms with van der Waals surface area (Å²) < 4.78 is 0. The second-order valence-electron chi connectivity index (χ2n) is 0. The van der Waals surface area contributed by atoms with Crippen LogP contribution in [0, 0.1) is 0 Å². The van der Waals surface area contributed by atoms with Crippen molar-refractivity contribution in [3.05, 3.63) is 0 Å². The summed E-state index contributed by atoms with van der Waals surface area (Å²) in [5, 5.41) is 0. The first-order valence-corrected chi connectivity index (χ1v) is 0. The monoisotopic (exact) mass is 156 g/mol. The van der Waals surface area contributed by atoms with E-state index in [0.717, 1.165) is 0 Å². The quantitative estimate of drug-likeness (QED) is 0.399. The van der Waals surface area contributed by atoms with Crippen LogP contribution in [-0.4, -0.2) is 138 Å². The molecule has 0 bridgehead atoms. The topological polar surface area (TPSA) is 0 Å². The van der Waals surface area contributed by atoms with E-state index in [0.29, 0.717) is 0 Å². The summed E-state index contributed by atoms with van der Waals surface area (Å²) in [4.78, 5) is 0. The molecule has 0 rings (SSSR count). The average Bonchev–Trinajstić information content (AvgIpc) is 0. The molecule has 0 saturated heterocycles. The van der Waals surface area contributed by atoms with Gasteiger partial charge in [-0.05, 0) is 0 Å². The third kappa shape index (κ3) is 23.5. The van der Waals surface area contributed by atoms with Crippen LogP contribution in [0.5, 0.6) is 0 Å². The first-order chi connectivity index (χ1) is 0. The van der Waals surface area contributed by atoms with E-state index >= 15 is 0 Å². The number of hydrogen-bond donors (Lipinski definition) is 0. The molecule has 0 saturated carbocycles. The standard InChI is InChI=1S/6Mg.12H/q6*+2;12*-1. The van der Waals surface area contributed by atoms with Gasteiger partial charge >= 0.3 is 138 Å². The Morgan fingerprint density at radius 2 is 0.333 bits per heavy atom. The van der Waals surface area contributed by atoms with E-state index < -0.39 is 0 Å². The van der Waals surface area contributed by atoms with Crippen molar-refractivity contribution >= 4 is 138 Å². The smallest absolute Gasteiger partial charge is 1.00 e. The minimum atomic E-state index is 0. The van der Waals surface area contributed by atoms with Crippen LogP contribution in [0.3, 0.4) is 0 Å². The van der Waals surface area contributed by atoms with Gasteiger partial charge in [-0.15, -0.1) is 0 Å². The van der Waals surface area contributed by atoms with Gasteiger partial charge in [-0.3, -0.25) is 0 Å². The zero-order valence-electron chi connectivity index (χ0n) is 16.2. The Balaban J connectivity index is 0. The molecule has 0 aliphatic carbocycles. The molecule has 0 unspecified atom stereocenters. The van der Waals surface area contributed by atoms with Crippen molar-refractivity contribution in [1.29, 1.82) is 0 Å². The van der Waals surface area contributed by atoms with Gasteiger partial charge in [0.25, 0.3) is 0 Å². The summed E-state index contributed by atoms with van der Waals surface area (Å²) in [5.74, 6) is 0. The fourth-order valence-electron chi connectivity index (χ4n) is 0. The molecule has 0 aliphatic heterocycles. The molecule has 0 heterocycles. The van der Waals surface area contributed by atoms with Gasteiger partial charge in [0.15, 0.2) is 0 Å². The van der Waals surface area contributed by atoms with Gasteiger partial charge in [-0.2, -0.15) is 0 Å². The molecule has 0 radical (unpaired) electrons. The Bertz CT molecular complexity index is 16.5. The van der Waals surface area contributed by atoms with Crippen LogP contribution in [-0.2, 0) is 0 Å². The maximum atomic E-state index is 0. The number of rotatable bonds is 0. The van der Waals surface area contributed by atoms with Crippen LogP contribution in [0.2, 0.25) is 0 Å². The normalized spacial score (nSPS) is 0. The second-order valence-corrected chi connectivity index (χ2v) is 0. The minimum absolute atomic E-state index is 0. The number of hydrogen-bond acceptors (Lipinski definition) is 0. The molecule has 0 nitrogen and oxygen atoms in total. The maximum absolute atomic E-state index is 0. The van der Waals surface area contributed by atoms with E-state index in [1.165, 1.54) is 0 Å². The Labute approximate surface area is 153 Å². The summed E-state index contributed by atoms with van der Waals surface area (Å²) in [6.45, 7) is 0. The molecule has 0 aromatic heterocycles. The average molecular weight is 158 g/mol. The predicted molar refractivity (Wildman–Crippen MR) is 47.9 cm³/mol. The molecule has 0 amide bonds. The third-order valence-electron chi connectivity index (χ3n) is 0. The first kappa shape index (κ1) is 46.2. The van der Waals surface area contributed by atoms with Crippen LogP contribution in [0.25, 0.3) is 0 Å². The van der Waals surface area contributed by atoms with Crippen molar-refractivity contribution in [1.82, 2.24) is 0 Å². The molecule has 0 atom stereocenters. The van der Waals surface area contributed by atoms with Crippen LogP contribution in [0.15, 0.2) is 0 Å². The first-order valence-electron chi connectivity index (χ1n) is 0. The van der Waals surface area contributed by atoms with Gasteiger partial charge in [0, 0.05) is 0 Å². The van der Waals surface area contributed by atoms with Gasteiger partial charge in [0.2, 0.25) is 0 Å². The molecule has 6 heteroatoms. The summed E-state index contributed by atoms with van der Waals surface area (Å²) in [6.07, 6.45) is 0. The molecule has 24 valence electrons. The molecule has 6 heavy (non-hydrogen) atoms. The molecule has 0 spiro atoms. The van der Waals surface area contributed by atoms with E-state index in [4.69, 9.17) is 0 Å². The van der Waals surface area contributed by atoms with Crippen molar-refractivity contribution in [3.8, 4) is 0 Å².